The number of nitrogens with one attached hydrogen (secondary N) is 2. The first-order chi connectivity index (χ1) is 17.1. The number of carbonyl (C=O) groups is 3. The van der Waals surface area contributed by atoms with Gasteiger partial charge < -0.3 is 19.9 Å². The molecule has 2 N–H and O–H groups in total. The number of ether oxygens (including phenoxy) is 1. The second-order valence-corrected chi connectivity index (χ2v) is 11.8. The maximum atomic E-state index is 12.4. The number of hydrogen-bond acceptors (Lipinski definition) is 7. The molecule has 0 aliphatic carbocycles. The summed E-state index contributed by atoms with van der Waals surface area (Å²) in [7, 11) is 0. The third-order valence-corrected chi connectivity index (χ3v) is 7.85. The van der Waals surface area contributed by atoms with Gasteiger partial charge in [0.15, 0.2) is 0 Å². The molecule has 3 unspecified atom stereocenters. The van der Waals surface area contributed by atoms with E-state index in [1.807, 2.05) is 37.8 Å². The predicted molar refractivity (Wildman–Crippen MR) is 138 cm³/mol. The van der Waals surface area contributed by atoms with Crippen molar-refractivity contribution < 1.29 is 19.1 Å². The summed E-state index contributed by atoms with van der Waals surface area (Å²) in [5.41, 5.74) is 1.65. The molecule has 4 fully saturated rings. The number of benzene rings is 1. The van der Waals surface area contributed by atoms with Crippen LogP contribution < -0.4 is 15.5 Å². The number of rotatable bonds is 4. The van der Waals surface area contributed by atoms with Crippen LogP contribution in [0.2, 0.25) is 0 Å². The fourth-order valence-corrected chi connectivity index (χ4v) is 6.16. The average molecular weight is 498 g/mol. The normalized spacial score (nSPS) is 27.7. The number of amides is 3. The van der Waals surface area contributed by atoms with Crippen molar-refractivity contribution in [2.24, 2.45) is 5.92 Å². The number of likely N-dealkylation sites (tertiary alicyclic amines) is 2. The molecule has 4 aliphatic rings. The van der Waals surface area contributed by atoms with Crippen LogP contribution in [-0.4, -0.2) is 84.2 Å². The standard InChI is InChI=1S/C27H39N5O4/c1-27(2,3)36-26(35)30-12-10-21(11-13-30)32-16-18-14-22(32)17-31(15-18)20-6-4-19(5-7-20)28-23-8-9-24(33)29-25(23)34/h4-7,18,21-23,28H,8-17H2,1-3H3,(H,29,33,34). The van der Waals surface area contributed by atoms with Crippen LogP contribution in [0.15, 0.2) is 24.3 Å². The molecule has 3 atom stereocenters. The topological polar surface area (TPSA) is 94.2 Å². The molecule has 5 rings (SSSR count). The molecule has 0 spiro atoms. The minimum atomic E-state index is -0.456. The van der Waals surface area contributed by atoms with Crippen LogP contribution in [0, 0.1) is 5.92 Å². The van der Waals surface area contributed by atoms with Crippen LogP contribution in [0.1, 0.15) is 52.9 Å². The van der Waals surface area contributed by atoms with Gasteiger partial charge in [0.1, 0.15) is 11.6 Å². The van der Waals surface area contributed by atoms with Gasteiger partial charge in [-0.3, -0.25) is 19.8 Å². The molecular formula is C27H39N5O4. The van der Waals surface area contributed by atoms with Gasteiger partial charge in [0, 0.05) is 62.6 Å². The smallest absolute Gasteiger partial charge is 0.410 e. The van der Waals surface area contributed by atoms with Crippen LogP contribution in [0.25, 0.3) is 0 Å². The Morgan fingerprint density at radius 3 is 2.39 bits per heavy atom. The zero-order valence-corrected chi connectivity index (χ0v) is 21.7. The number of anilines is 2. The Hall–Kier alpha value is -2.81. The summed E-state index contributed by atoms with van der Waals surface area (Å²) < 4.78 is 5.56. The van der Waals surface area contributed by atoms with Crippen molar-refractivity contribution in [3.63, 3.8) is 0 Å². The summed E-state index contributed by atoms with van der Waals surface area (Å²) in [6.07, 6.45) is 3.95. The fourth-order valence-electron chi connectivity index (χ4n) is 6.16. The Balaban J connectivity index is 1.14. The van der Waals surface area contributed by atoms with Crippen LogP contribution in [0.3, 0.4) is 0 Å². The zero-order valence-electron chi connectivity index (χ0n) is 21.7. The van der Waals surface area contributed by atoms with E-state index in [0.29, 0.717) is 30.8 Å². The lowest BCUT2D eigenvalue weighted by Gasteiger charge is -2.40. The van der Waals surface area contributed by atoms with Crippen molar-refractivity contribution in [2.75, 3.05) is 42.9 Å². The fraction of sp³-hybridized carbons (Fsp3) is 0.667. The highest BCUT2D eigenvalue weighted by Gasteiger charge is 2.42. The quantitative estimate of drug-likeness (QED) is 0.618. The average Bonchev–Trinajstić information content (AvgIpc) is 3.13. The molecule has 9 nitrogen and oxygen atoms in total. The molecular weight excluding hydrogens is 458 g/mol. The van der Waals surface area contributed by atoms with E-state index < -0.39 is 5.60 Å². The van der Waals surface area contributed by atoms with Crippen LogP contribution >= 0.6 is 0 Å². The number of nitrogens with zero attached hydrogens (tertiary/aromatic N) is 3. The number of hydrogen-bond donors (Lipinski definition) is 2. The first-order valence-corrected chi connectivity index (χ1v) is 13.3. The van der Waals surface area contributed by atoms with Gasteiger partial charge >= 0.3 is 6.09 Å². The Morgan fingerprint density at radius 2 is 1.72 bits per heavy atom. The van der Waals surface area contributed by atoms with Crippen molar-refractivity contribution in [1.82, 2.24) is 15.1 Å². The second-order valence-electron chi connectivity index (χ2n) is 11.8. The van der Waals surface area contributed by atoms with Crippen molar-refractivity contribution in [3.05, 3.63) is 24.3 Å². The van der Waals surface area contributed by atoms with E-state index in [0.717, 1.165) is 51.3 Å². The SMILES string of the molecule is CC(C)(C)OC(=O)N1CCC(N2CC3CC2CN(c2ccc(NC4CCC(=O)NC4=O)cc2)C3)CC1. The van der Waals surface area contributed by atoms with E-state index in [9.17, 15) is 14.4 Å². The number of fused-ring (bicyclic) bond motifs is 2. The molecule has 4 heterocycles. The van der Waals surface area contributed by atoms with Gasteiger partial charge in [-0.1, -0.05) is 0 Å². The molecule has 3 amide bonds. The van der Waals surface area contributed by atoms with E-state index in [-0.39, 0.29) is 23.9 Å². The van der Waals surface area contributed by atoms with Crippen LogP contribution in [0.5, 0.6) is 0 Å². The van der Waals surface area contributed by atoms with Gasteiger partial charge in [-0.05, 0) is 76.6 Å². The molecule has 0 aromatic heterocycles. The molecule has 1 aromatic rings. The maximum absolute atomic E-state index is 12.4. The molecule has 0 radical (unpaired) electrons. The van der Waals surface area contributed by atoms with E-state index >= 15 is 0 Å². The highest BCUT2D eigenvalue weighted by molar-refractivity contribution is 6.01. The Morgan fingerprint density at radius 1 is 1.00 bits per heavy atom. The number of imide groups is 1. The van der Waals surface area contributed by atoms with Gasteiger partial charge in [0.05, 0.1) is 0 Å². The monoisotopic (exact) mass is 497 g/mol. The summed E-state index contributed by atoms with van der Waals surface area (Å²) in [6, 6.07) is 9.02. The van der Waals surface area contributed by atoms with Gasteiger partial charge in [0.25, 0.3) is 0 Å². The summed E-state index contributed by atoms with van der Waals surface area (Å²) in [5, 5.41) is 5.66. The highest BCUT2D eigenvalue weighted by Crippen LogP contribution is 2.36. The Labute approximate surface area is 213 Å². The molecule has 196 valence electrons. The van der Waals surface area contributed by atoms with E-state index in [1.54, 1.807) is 0 Å². The van der Waals surface area contributed by atoms with Gasteiger partial charge in [-0.25, -0.2) is 4.79 Å². The molecule has 0 saturated carbocycles. The lowest BCUT2D eigenvalue weighted by molar-refractivity contribution is -0.133. The number of carbonyl (C=O) groups excluding carboxylic acids is 3. The van der Waals surface area contributed by atoms with Gasteiger partial charge in [-0.2, -0.15) is 0 Å². The van der Waals surface area contributed by atoms with Crippen molar-refractivity contribution in [3.8, 4) is 0 Å². The molecule has 36 heavy (non-hydrogen) atoms. The van der Waals surface area contributed by atoms with E-state index in [4.69, 9.17) is 4.74 Å². The minimum Gasteiger partial charge on any atom is -0.444 e. The lowest BCUT2D eigenvalue weighted by Crippen LogP contribution is -2.51. The molecule has 4 aliphatic heterocycles. The van der Waals surface area contributed by atoms with Crippen molar-refractivity contribution in [2.45, 2.75) is 76.6 Å². The lowest BCUT2D eigenvalue weighted by atomic mass is 9.98. The predicted octanol–water partition coefficient (Wildman–Crippen LogP) is 2.81. The van der Waals surface area contributed by atoms with Crippen LogP contribution in [-0.2, 0) is 14.3 Å². The first kappa shape index (κ1) is 24.9. The third-order valence-electron chi connectivity index (χ3n) is 7.85. The van der Waals surface area contributed by atoms with Crippen LogP contribution in [0.4, 0.5) is 16.2 Å². The largest absolute Gasteiger partial charge is 0.444 e. The van der Waals surface area contributed by atoms with E-state index in [2.05, 4.69) is 32.6 Å². The zero-order chi connectivity index (χ0) is 25.4. The molecule has 2 bridgehead atoms. The second kappa shape index (κ2) is 9.92. The molecule has 1 aromatic carbocycles. The summed E-state index contributed by atoms with van der Waals surface area (Å²) >= 11 is 0. The van der Waals surface area contributed by atoms with Crippen molar-refractivity contribution >= 4 is 29.3 Å². The van der Waals surface area contributed by atoms with E-state index in [1.165, 1.54) is 12.1 Å². The van der Waals surface area contributed by atoms with Gasteiger partial charge in [-0.15, -0.1) is 0 Å². The first-order valence-electron chi connectivity index (χ1n) is 13.3. The summed E-state index contributed by atoms with van der Waals surface area (Å²) in [5.74, 6) is 0.213. The van der Waals surface area contributed by atoms with Crippen molar-refractivity contribution in [1.29, 1.82) is 0 Å². The highest BCUT2D eigenvalue weighted by atomic mass is 16.6. The Kier molecular flexibility index (Phi) is 6.85. The maximum Gasteiger partial charge on any atom is 0.410 e. The molecule has 4 saturated heterocycles. The summed E-state index contributed by atoms with van der Waals surface area (Å²) in [4.78, 5) is 42.9. The molecule has 9 heteroatoms. The number of piperidine rings is 3. The third kappa shape index (κ3) is 5.61. The van der Waals surface area contributed by atoms with Gasteiger partial charge in [0.2, 0.25) is 11.8 Å². The summed E-state index contributed by atoms with van der Waals surface area (Å²) in [6.45, 7) is 10.5. The Bertz CT molecular complexity index is 983. The minimum absolute atomic E-state index is 0.192.